The molecule has 7 atom stereocenters. The van der Waals surface area contributed by atoms with Gasteiger partial charge in [-0.3, -0.25) is 0 Å². The second kappa shape index (κ2) is 7.39. The Balaban J connectivity index is 1.47. The number of rotatable bonds is 3. The van der Waals surface area contributed by atoms with E-state index in [4.69, 9.17) is 4.74 Å². The van der Waals surface area contributed by atoms with Crippen molar-refractivity contribution in [3.8, 4) is 0 Å². The summed E-state index contributed by atoms with van der Waals surface area (Å²) in [6.45, 7) is 7.11. The van der Waals surface area contributed by atoms with E-state index in [1.54, 1.807) is 0 Å². The Hall–Kier alpha value is -1.76. The zero-order chi connectivity index (χ0) is 25.0. The third kappa shape index (κ3) is 2.88. The topological polar surface area (TPSA) is 73.2 Å². The molecule has 188 valence electrons. The van der Waals surface area contributed by atoms with E-state index < -0.39 is 17.8 Å². The van der Waals surface area contributed by atoms with Crippen molar-refractivity contribution in [2.75, 3.05) is 14.1 Å². The standard InChI is InChI=1S/C30H39NO4/c1-27(2)15-20-14-22-25(33)26(34)23(31(4)5)16-29(22)12-13-30(20,35-29)24-11-10-21(28(24,27)3)19-8-6-18(17-32)7-9-19/h6-10,14-15,23-26,32-34H,11-13,16-17H2,1-5H3/t23-,24?,25+,26+,28+,29+,30+/m0/s1. The first-order valence-corrected chi connectivity index (χ1v) is 13.1. The molecule has 0 amide bonds. The van der Waals surface area contributed by atoms with Gasteiger partial charge in [0.1, 0.15) is 6.10 Å². The average molecular weight is 478 g/mol. The van der Waals surface area contributed by atoms with E-state index in [-0.39, 0.29) is 35.0 Å². The number of allylic oxidation sites excluding steroid dienone is 3. The van der Waals surface area contributed by atoms with Gasteiger partial charge in [0.15, 0.2) is 0 Å². The Morgan fingerprint density at radius 2 is 1.77 bits per heavy atom. The molecule has 2 fully saturated rings. The molecule has 2 spiro atoms. The van der Waals surface area contributed by atoms with Crippen LogP contribution >= 0.6 is 0 Å². The Morgan fingerprint density at radius 3 is 2.43 bits per heavy atom. The Kier molecular flexibility index (Phi) is 4.99. The van der Waals surface area contributed by atoms with Crippen LogP contribution in [0, 0.1) is 16.7 Å². The number of fused-ring (bicyclic) bond motifs is 1. The van der Waals surface area contributed by atoms with Gasteiger partial charge in [-0.2, -0.15) is 0 Å². The molecule has 0 aromatic heterocycles. The van der Waals surface area contributed by atoms with E-state index in [0.29, 0.717) is 6.42 Å². The number of benzene rings is 1. The maximum absolute atomic E-state index is 11.2. The number of aliphatic hydroxyl groups excluding tert-OH is 3. The summed E-state index contributed by atoms with van der Waals surface area (Å²) in [4.78, 5) is 2.03. The van der Waals surface area contributed by atoms with Crippen molar-refractivity contribution in [2.45, 2.75) is 82.5 Å². The SMILES string of the molecule is CN(C)[C@H]1C[C@@]23CC[C@@]4(O2)C(=CC(C)(C)[C@]2(C)C(c5ccc(CO)cc5)=CCC42)C=C3[C@@H](O)[C@@H]1O. The van der Waals surface area contributed by atoms with Gasteiger partial charge in [0.2, 0.25) is 0 Å². The van der Waals surface area contributed by atoms with Crippen molar-refractivity contribution in [1.82, 2.24) is 4.90 Å². The summed E-state index contributed by atoms with van der Waals surface area (Å²) in [6, 6.07) is 8.20. The monoisotopic (exact) mass is 477 g/mol. The summed E-state index contributed by atoms with van der Waals surface area (Å²) in [5.41, 5.74) is 4.42. The Morgan fingerprint density at radius 1 is 1.06 bits per heavy atom. The predicted octanol–water partition coefficient (Wildman–Crippen LogP) is 3.84. The quantitative estimate of drug-likeness (QED) is 0.617. The van der Waals surface area contributed by atoms with Gasteiger partial charge in [-0.25, -0.2) is 0 Å². The van der Waals surface area contributed by atoms with Crippen molar-refractivity contribution >= 4 is 5.57 Å². The van der Waals surface area contributed by atoms with Gasteiger partial charge >= 0.3 is 0 Å². The van der Waals surface area contributed by atoms with Crippen LogP contribution in [0.25, 0.3) is 5.57 Å². The first-order valence-electron chi connectivity index (χ1n) is 13.1. The predicted molar refractivity (Wildman–Crippen MR) is 136 cm³/mol. The van der Waals surface area contributed by atoms with Gasteiger partial charge in [0.25, 0.3) is 0 Å². The number of nitrogens with zero attached hydrogens (tertiary/aromatic N) is 1. The molecule has 5 aliphatic rings. The lowest BCUT2D eigenvalue weighted by Crippen LogP contribution is -2.63. The second-order valence-corrected chi connectivity index (χ2v) is 12.5. The number of likely N-dealkylation sites (N-methyl/N-ethyl adjacent to an activating group) is 1. The van der Waals surface area contributed by atoms with Crippen LogP contribution in [-0.2, 0) is 11.3 Å². The van der Waals surface area contributed by atoms with Crippen molar-refractivity contribution in [1.29, 1.82) is 0 Å². The highest BCUT2D eigenvalue weighted by atomic mass is 16.5. The highest BCUT2D eigenvalue weighted by Gasteiger charge is 2.70. The molecule has 1 saturated heterocycles. The summed E-state index contributed by atoms with van der Waals surface area (Å²) in [6.07, 6.45) is 8.75. The van der Waals surface area contributed by atoms with E-state index in [9.17, 15) is 15.3 Å². The van der Waals surface area contributed by atoms with Crippen LogP contribution in [0.4, 0.5) is 0 Å². The zero-order valence-electron chi connectivity index (χ0n) is 21.6. The van der Waals surface area contributed by atoms with Crippen LogP contribution in [0.1, 0.15) is 57.6 Å². The van der Waals surface area contributed by atoms with Crippen molar-refractivity contribution in [3.63, 3.8) is 0 Å². The molecular formula is C30H39NO4. The molecule has 2 bridgehead atoms. The van der Waals surface area contributed by atoms with E-state index >= 15 is 0 Å². The molecule has 5 heteroatoms. The minimum atomic E-state index is -0.910. The van der Waals surface area contributed by atoms with Crippen molar-refractivity contribution in [2.24, 2.45) is 16.7 Å². The summed E-state index contributed by atoms with van der Waals surface area (Å²) in [5.74, 6) is 0.288. The fourth-order valence-electron chi connectivity index (χ4n) is 8.30. The van der Waals surface area contributed by atoms with Crippen molar-refractivity contribution < 1.29 is 20.1 Å². The fourth-order valence-corrected chi connectivity index (χ4v) is 8.30. The molecule has 1 saturated carbocycles. The van der Waals surface area contributed by atoms with E-state index in [1.807, 2.05) is 31.1 Å². The minimum Gasteiger partial charge on any atom is -0.392 e. The zero-order valence-corrected chi connectivity index (χ0v) is 21.6. The van der Waals surface area contributed by atoms with Gasteiger partial charge < -0.3 is 25.0 Å². The van der Waals surface area contributed by atoms with Crippen LogP contribution in [0.2, 0.25) is 0 Å². The third-order valence-electron chi connectivity index (χ3n) is 10.5. The van der Waals surface area contributed by atoms with Gasteiger partial charge in [0.05, 0.1) is 23.9 Å². The highest BCUT2D eigenvalue weighted by molar-refractivity contribution is 5.76. The lowest BCUT2D eigenvalue weighted by atomic mass is 9.49. The fraction of sp³-hybridized carbons (Fsp3) is 0.600. The molecule has 2 aliphatic heterocycles. The summed E-state index contributed by atoms with van der Waals surface area (Å²) in [5, 5.41) is 31.7. The van der Waals surface area contributed by atoms with Gasteiger partial charge in [-0.1, -0.05) is 63.3 Å². The molecule has 3 aliphatic carbocycles. The lowest BCUT2D eigenvalue weighted by Gasteiger charge is -2.60. The molecular weight excluding hydrogens is 438 g/mol. The van der Waals surface area contributed by atoms with Crippen LogP contribution in [0.5, 0.6) is 0 Å². The molecule has 5 nitrogen and oxygen atoms in total. The summed E-state index contributed by atoms with van der Waals surface area (Å²) < 4.78 is 7.27. The summed E-state index contributed by atoms with van der Waals surface area (Å²) in [7, 11) is 3.94. The van der Waals surface area contributed by atoms with Crippen LogP contribution in [0.15, 0.2) is 53.6 Å². The van der Waals surface area contributed by atoms with E-state index in [2.05, 4.69) is 51.1 Å². The van der Waals surface area contributed by atoms with Crippen LogP contribution < -0.4 is 0 Å². The molecule has 2 heterocycles. The smallest absolute Gasteiger partial charge is 0.105 e. The van der Waals surface area contributed by atoms with E-state index in [0.717, 1.165) is 30.4 Å². The third-order valence-corrected chi connectivity index (χ3v) is 10.5. The van der Waals surface area contributed by atoms with Crippen molar-refractivity contribution in [3.05, 3.63) is 64.8 Å². The first kappa shape index (κ1) is 23.6. The second-order valence-electron chi connectivity index (χ2n) is 12.5. The molecule has 1 aromatic rings. The molecule has 0 radical (unpaired) electrons. The Bertz CT molecular complexity index is 1150. The Labute approximate surface area is 208 Å². The molecule has 1 aromatic carbocycles. The average Bonchev–Trinajstić information content (AvgIpc) is 3.35. The maximum Gasteiger partial charge on any atom is 0.105 e. The van der Waals surface area contributed by atoms with Gasteiger partial charge in [0, 0.05) is 17.4 Å². The number of hydrogen-bond acceptors (Lipinski definition) is 5. The van der Waals surface area contributed by atoms with Gasteiger partial charge in [-0.05, 0) is 73.0 Å². The molecule has 3 N–H and O–H groups in total. The first-order chi connectivity index (χ1) is 16.5. The number of hydrogen-bond donors (Lipinski definition) is 3. The van der Waals surface area contributed by atoms with Crippen LogP contribution in [0.3, 0.4) is 0 Å². The maximum atomic E-state index is 11.2. The largest absolute Gasteiger partial charge is 0.392 e. The molecule has 6 rings (SSSR count). The molecule has 1 unspecified atom stereocenters. The van der Waals surface area contributed by atoms with Crippen LogP contribution in [-0.4, -0.2) is 63.8 Å². The normalized spacial score (nSPS) is 43.2. The summed E-state index contributed by atoms with van der Waals surface area (Å²) >= 11 is 0. The highest BCUT2D eigenvalue weighted by Crippen LogP contribution is 2.71. The number of aliphatic hydroxyl groups is 3. The minimum absolute atomic E-state index is 0.0546. The lowest BCUT2D eigenvalue weighted by molar-refractivity contribution is -0.170. The van der Waals surface area contributed by atoms with Gasteiger partial charge in [-0.15, -0.1) is 0 Å². The number of ether oxygens (including phenoxy) is 1. The van der Waals surface area contributed by atoms with E-state index in [1.165, 1.54) is 16.7 Å². The molecule has 35 heavy (non-hydrogen) atoms.